The molecule has 0 bridgehead atoms. The van der Waals surface area contributed by atoms with Gasteiger partial charge >= 0.3 is 0 Å². The first kappa shape index (κ1) is 14.5. The lowest BCUT2D eigenvalue weighted by molar-refractivity contribution is -0.134. The first-order chi connectivity index (χ1) is 8.51. The van der Waals surface area contributed by atoms with E-state index in [2.05, 4.69) is 17.9 Å². The Kier molecular flexibility index (Phi) is 5.19. The molecule has 1 saturated heterocycles. The fourth-order valence-electron chi connectivity index (χ4n) is 2.35. The summed E-state index contributed by atoms with van der Waals surface area (Å²) in [5, 5.41) is 9.10. The summed E-state index contributed by atoms with van der Waals surface area (Å²) in [6.07, 6.45) is 2.09. The summed E-state index contributed by atoms with van der Waals surface area (Å²) in [6.45, 7) is 5.81. The Morgan fingerprint density at radius 1 is 1.44 bits per heavy atom. The molecule has 0 radical (unpaired) electrons. The molecule has 0 saturated carbocycles. The van der Waals surface area contributed by atoms with Crippen molar-refractivity contribution in [2.24, 2.45) is 11.7 Å². The highest BCUT2D eigenvalue weighted by Gasteiger charge is 2.38. The molecular formula is C14H21N3O. The van der Waals surface area contributed by atoms with E-state index in [0.29, 0.717) is 18.8 Å². The van der Waals surface area contributed by atoms with Gasteiger partial charge in [-0.25, -0.2) is 0 Å². The van der Waals surface area contributed by atoms with Crippen LogP contribution in [0, 0.1) is 29.1 Å². The lowest BCUT2D eigenvalue weighted by Crippen LogP contribution is -2.49. The van der Waals surface area contributed by atoms with Crippen LogP contribution in [-0.4, -0.2) is 28.9 Å². The van der Waals surface area contributed by atoms with Crippen LogP contribution in [0.1, 0.15) is 40.0 Å². The first-order valence-electron chi connectivity index (χ1n) is 6.40. The maximum Gasteiger partial charge on any atom is 0.241 e. The van der Waals surface area contributed by atoms with Gasteiger partial charge in [-0.05, 0) is 32.1 Å². The summed E-state index contributed by atoms with van der Waals surface area (Å²) in [7, 11) is 0. The van der Waals surface area contributed by atoms with Gasteiger partial charge in [0.15, 0.2) is 0 Å². The average Bonchev–Trinajstić information content (AvgIpc) is 2.70. The Bertz CT molecular complexity index is 399. The molecule has 1 fully saturated rings. The molecule has 1 aliphatic rings. The van der Waals surface area contributed by atoms with Gasteiger partial charge in [0, 0.05) is 0 Å². The molecule has 4 nitrogen and oxygen atoms in total. The molecule has 0 spiro atoms. The standard InChI is InChI=1S/C14H21N3O/c1-4-5-11-6-7-12(9-15)17(11)14(18)13(16)8-10(2)3/h10-13H,6-8,16H2,1-3H3/t11?,12?,13-/m0/s1. The normalized spacial score (nSPS) is 24.3. The largest absolute Gasteiger partial charge is 0.320 e. The molecule has 1 heterocycles. The van der Waals surface area contributed by atoms with E-state index in [1.165, 1.54) is 0 Å². The van der Waals surface area contributed by atoms with Crippen LogP contribution in [0.5, 0.6) is 0 Å². The van der Waals surface area contributed by atoms with E-state index >= 15 is 0 Å². The number of likely N-dealkylation sites (tertiary alicyclic amines) is 1. The summed E-state index contributed by atoms with van der Waals surface area (Å²) in [6, 6.07) is 1.12. The molecule has 1 aliphatic heterocycles. The lowest BCUT2D eigenvalue weighted by Gasteiger charge is -2.27. The van der Waals surface area contributed by atoms with Gasteiger partial charge in [-0.3, -0.25) is 4.79 Å². The summed E-state index contributed by atoms with van der Waals surface area (Å²) in [4.78, 5) is 13.9. The van der Waals surface area contributed by atoms with Crippen LogP contribution in [0.25, 0.3) is 0 Å². The zero-order chi connectivity index (χ0) is 13.7. The second-order valence-electron chi connectivity index (χ2n) is 5.11. The van der Waals surface area contributed by atoms with Gasteiger partial charge < -0.3 is 10.6 Å². The molecule has 1 rings (SSSR count). The fraction of sp³-hybridized carbons (Fsp3) is 0.714. The molecule has 3 atom stereocenters. The molecule has 98 valence electrons. The van der Waals surface area contributed by atoms with E-state index in [1.54, 1.807) is 11.8 Å². The van der Waals surface area contributed by atoms with Gasteiger partial charge in [-0.15, -0.1) is 5.92 Å². The number of nitrogens with zero attached hydrogens (tertiary/aromatic N) is 2. The number of rotatable bonds is 3. The minimum Gasteiger partial charge on any atom is -0.320 e. The fourth-order valence-corrected chi connectivity index (χ4v) is 2.35. The maximum atomic E-state index is 12.3. The Hall–Kier alpha value is -1.52. The van der Waals surface area contributed by atoms with Crippen LogP contribution in [-0.2, 0) is 4.79 Å². The predicted octanol–water partition coefficient (Wildman–Crippen LogP) is 1.27. The third kappa shape index (κ3) is 3.24. The van der Waals surface area contributed by atoms with E-state index in [-0.39, 0.29) is 18.0 Å². The van der Waals surface area contributed by atoms with E-state index in [0.717, 1.165) is 6.42 Å². The van der Waals surface area contributed by atoms with Gasteiger partial charge in [-0.1, -0.05) is 19.8 Å². The highest BCUT2D eigenvalue weighted by Crippen LogP contribution is 2.24. The van der Waals surface area contributed by atoms with Gasteiger partial charge in [-0.2, -0.15) is 5.26 Å². The number of carbonyl (C=O) groups excluding carboxylic acids is 1. The zero-order valence-electron chi connectivity index (χ0n) is 11.3. The van der Waals surface area contributed by atoms with Crippen LogP contribution >= 0.6 is 0 Å². The van der Waals surface area contributed by atoms with Gasteiger partial charge in [0.25, 0.3) is 0 Å². The molecule has 0 aromatic heterocycles. The summed E-state index contributed by atoms with van der Waals surface area (Å²) in [5.41, 5.74) is 5.92. The van der Waals surface area contributed by atoms with Crippen molar-refractivity contribution in [1.29, 1.82) is 5.26 Å². The Morgan fingerprint density at radius 2 is 2.06 bits per heavy atom. The van der Waals surface area contributed by atoms with Crippen molar-refractivity contribution in [3.05, 3.63) is 0 Å². The summed E-state index contributed by atoms with van der Waals surface area (Å²) in [5.74, 6) is 6.05. The molecule has 4 heteroatoms. The predicted molar refractivity (Wildman–Crippen MR) is 70.1 cm³/mol. The van der Waals surface area contributed by atoms with Crippen molar-refractivity contribution in [3.63, 3.8) is 0 Å². The van der Waals surface area contributed by atoms with E-state index in [1.807, 2.05) is 13.8 Å². The van der Waals surface area contributed by atoms with Crippen LogP contribution < -0.4 is 5.73 Å². The number of hydrogen-bond acceptors (Lipinski definition) is 3. The molecule has 0 aliphatic carbocycles. The minimum absolute atomic E-state index is 0.138. The number of carbonyl (C=O) groups is 1. The number of hydrogen-bond donors (Lipinski definition) is 1. The zero-order valence-corrected chi connectivity index (χ0v) is 11.3. The topological polar surface area (TPSA) is 70.1 Å². The molecule has 18 heavy (non-hydrogen) atoms. The highest BCUT2D eigenvalue weighted by atomic mass is 16.2. The second kappa shape index (κ2) is 6.42. The third-order valence-electron chi connectivity index (χ3n) is 3.14. The van der Waals surface area contributed by atoms with Gasteiger partial charge in [0.1, 0.15) is 6.04 Å². The van der Waals surface area contributed by atoms with Crippen molar-refractivity contribution < 1.29 is 4.79 Å². The Morgan fingerprint density at radius 3 is 2.56 bits per heavy atom. The molecule has 1 amide bonds. The monoisotopic (exact) mass is 247 g/mol. The average molecular weight is 247 g/mol. The third-order valence-corrected chi connectivity index (χ3v) is 3.14. The molecule has 0 aromatic rings. The number of nitrogens with two attached hydrogens (primary N) is 1. The van der Waals surface area contributed by atoms with Crippen LogP contribution in [0.3, 0.4) is 0 Å². The number of amides is 1. The Balaban J connectivity index is 2.84. The van der Waals surface area contributed by atoms with Crippen molar-refractivity contribution in [2.75, 3.05) is 0 Å². The summed E-state index contributed by atoms with van der Waals surface area (Å²) < 4.78 is 0. The van der Waals surface area contributed by atoms with Crippen molar-refractivity contribution in [1.82, 2.24) is 4.90 Å². The van der Waals surface area contributed by atoms with Gasteiger partial charge in [0.05, 0.1) is 18.2 Å². The number of nitriles is 1. The van der Waals surface area contributed by atoms with Crippen LogP contribution in [0.4, 0.5) is 0 Å². The highest BCUT2D eigenvalue weighted by molar-refractivity contribution is 5.83. The maximum absolute atomic E-state index is 12.3. The van der Waals surface area contributed by atoms with E-state index < -0.39 is 6.04 Å². The second-order valence-corrected chi connectivity index (χ2v) is 5.11. The summed E-state index contributed by atoms with van der Waals surface area (Å²) >= 11 is 0. The molecular weight excluding hydrogens is 226 g/mol. The van der Waals surface area contributed by atoms with E-state index in [9.17, 15) is 4.79 Å². The van der Waals surface area contributed by atoms with Crippen LogP contribution in [0.2, 0.25) is 0 Å². The Labute approximate surface area is 109 Å². The molecule has 2 unspecified atom stereocenters. The van der Waals surface area contributed by atoms with Crippen LogP contribution in [0.15, 0.2) is 0 Å². The quantitative estimate of drug-likeness (QED) is 0.763. The van der Waals surface area contributed by atoms with Crippen molar-refractivity contribution in [3.8, 4) is 17.9 Å². The molecule has 2 N–H and O–H groups in total. The SMILES string of the molecule is CC#CC1CCC(C#N)N1C(=O)[C@@H](N)CC(C)C. The van der Waals surface area contributed by atoms with Gasteiger partial charge in [0.2, 0.25) is 5.91 Å². The van der Waals surface area contributed by atoms with E-state index in [4.69, 9.17) is 11.0 Å². The van der Waals surface area contributed by atoms with Crippen molar-refractivity contribution >= 4 is 5.91 Å². The lowest BCUT2D eigenvalue weighted by atomic mass is 10.0. The smallest absolute Gasteiger partial charge is 0.241 e. The minimum atomic E-state index is -0.528. The van der Waals surface area contributed by atoms with Crippen molar-refractivity contribution in [2.45, 2.75) is 58.2 Å². The molecule has 0 aromatic carbocycles. The first-order valence-corrected chi connectivity index (χ1v) is 6.40.